The van der Waals surface area contributed by atoms with Crippen molar-refractivity contribution >= 4 is 23.0 Å². The molecular formula is C19H21F3N2O3S. The molecule has 1 aromatic carbocycles. The number of aliphatic hydroxyl groups is 1. The summed E-state index contributed by atoms with van der Waals surface area (Å²) in [7, 11) is 0. The van der Waals surface area contributed by atoms with E-state index in [-0.39, 0.29) is 12.3 Å². The van der Waals surface area contributed by atoms with Gasteiger partial charge in [-0.05, 0) is 24.5 Å². The number of carbonyl (C=O) groups excluding carboxylic acids is 2. The number of nitrogens with zero attached hydrogens (tertiary/aromatic N) is 1. The van der Waals surface area contributed by atoms with Crippen LogP contribution in [-0.4, -0.2) is 34.4 Å². The van der Waals surface area contributed by atoms with Crippen LogP contribution in [0.2, 0.25) is 0 Å². The monoisotopic (exact) mass is 414 g/mol. The number of halogens is 3. The number of aromatic nitrogens is 1. The van der Waals surface area contributed by atoms with Crippen molar-refractivity contribution < 1.29 is 27.9 Å². The molecule has 1 atom stereocenters. The number of hydrogen-bond acceptors (Lipinski definition) is 5. The summed E-state index contributed by atoms with van der Waals surface area (Å²) in [5, 5.41) is 13.6. The highest BCUT2D eigenvalue weighted by Gasteiger charge is 2.30. The summed E-state index contributed by atoms with van der Waals surface area (Å²) >= 11 is 1.14. The van der Waals surface area contributed by atoms with Crippen molar-refractivity contribution in [3.8, 4) is 10.6 Å². The van der Waals surface area contributed by atoms with Crippen molar-refractivity contribution in [2.75, 3.05) is 6.61 Å². The predicted molar refractivity (Wildman–Crippen MR) is 99.7 cm³/mol. The number of hydrogen-bond donors (Lipinski definition) is 2. The summed E-state index contributed by atoms with van der Waals surface area (Å²) in [5.41, 5.74) is -0.0483. The molecule has 0 saturated carbocycles. The topological polar surface area (TPSA) is 79.3 Å². The van der Waals surface area contributed by atoms with Crippen molar-refractivity contribution in [1.29, 1.82) is 0 Å². The molecule has 2 rings (SSSR count). The molecule has 0 aliphatic carbocycles. The van der Waals surface area contributed by atoms with Gasteiger partial charge >= 0.3 is 6.18 Å². The van der Waals surface area contributed by atoms with E-state index in [0.29, 0.717) is 22.7 Å². The van der Waals surface area contributed by atoms with Crippen molar-refractivity contribution in [1.82, 2.24) is 10.3 Å². The van der Waals surface area contributed by atoms with Gasteiger partial charge in [-0.25, -0.2) is 4.98 Å². The van der Waals surface area contributed by atoms with Gasteiger partial charge in [-0.3, -0.25) is 9.59 Å². The molecule has 0 fully saturated rings. The highest BCUT2D eigenvalue weighted by molar-refractivity contribution is 7.13. The molecule has 1 aromatic heterocycles. The maximum Gasteiger partial charge on any atom is 0.416 e. The van der Waals surface area contributed by atoms with Gasteiger partial charge in [0.25, 0.3) is 0 Å². The highest BCUT2D eigenvalue weighted by atomic mass is 32.1. The van der Waals surface area contributed by atoms with Crippen LogP contribution in [0.1, 0.15) is 31.5 Å². The van der Waals surface area contributed by atoms with E-state index in [1.54, 1.807) is 5.38 Å². The van der Waals surface area contributed by atoms with E-state index in [1.807, 2.05) is 13.8 Å². The summed E-state index contributed by atoms with van der Waals surface area (Å²) in [6.45, 7) is 3.13. The normalized spacial score (nSPS) is 12.8. The largest absolute Gasteiger partial charge is 0.416 e. The summed E-state index contributed by atoms with van der Waals surface area (Å²) in [6, 6.07) is 4.05. The quantitative estimate of drug-likeness (QED) is 0.693. The van der Waals surface area contributed by atoms with Gasteiger partial charge in [-0.1, -0.05) is 26.0 Å². The molecule has 2 aromatic rings. The third kappa shape index (κ3) is 6.13. The zero-order valence-corrected chi connectivity index (χ0v) is 16.2. The molecule has 1 amide bonds. The predicted octanol–water partition coefficient (Wildman–Crippen LogP) is 3.46. The number of ketones is 1. The molecule has 9 heteroatoms. The van der Waals surface area contributed by atoms with E-state index in [2.05, 4.69) is 10.3 Å². The van der Waals surface area contributed by atoms with E-state index in [1.165, 1.54) is 12.1 Å². The molecule has 0 saturated heterocycles. The summed E-state index contributed by atoms with van der Waals surface area (Å²) in [5.74, 6) is -0.758. The molecule has 5 nitrogen and oxygen atoms in total. The van der Waals surface area contributed by atoms with Crippen molar-refractivity contribution in [3.63, 3.8) is 0 Å². The number of benzene rings is 1. The van der Waals surface area contributed by atoms with E-state index in [9.17, 15) is 22.8 Å². The average molecular weight is 414 g/mol. The van der Waals surface area contributed by atoms with E-state index in [0.717, 1.165) is 23.5 Å². The lowest BCUT2D eigenvalue weighted by Gasteiger charge is -2.18. The molecule has 0 spiro atoms. The first-order chi connectivity index (χ1) is 13.1. The molecule has 0 radical (unpaired) electrons. The van der Waals surface area contributed by atoms with Gasteiger partial charge in [-0.15, -0.1) is 11.3 Å². The number of rotatable bonds is 8. The van der Waals surface area contributed by atoms with Gasteiger partial charge in [-0.2, -0.15) is 13.2 Å². The van der Waals surface area contributed by atoms with Crippen LogP contribution < -0.4 is 5.32 Å². The number of aliphatic hydroxyl groups excluding tert-OH is 1. The fraction of sp³-hybridized carbons (Fsp3) is 0.421. The van der Waals surface area contributed by atoms with Crippen LogP contribution in [0, 0.1) is 5.92 Å². The Labute approximate surface area is 164 Å². The van der Waals surface area contributed by atoms with Crippen LogP contribution in [0.4, 0.5) is 13.2 Å². The zero-order valence-electron chi connectivity index (χ0n) is 15.4. The molecule has 0 aliphatic heterocycles. The van der Waals surface area contributed by atoms with E-state index >= 15 is 0 Å². The Morgan fingerprint density at radius 3 is 2.61 bits per heavy atom. The second-order valence-electron chi connectivity index (χ2n) is 6.77. The van der Waals surface area contributed by atoms with Crippen LogP contribution in [0.25, 0.3) is 10.6 Å². The highest BCUT2D eigenvalue weighted by Crippen LogP contribution is 2.33. The first-order valence-electron chi connectivity index (χ1n) is 8.65. The minimum atomic E-state index is -4.44. The molecule has 0 bridgehead atoms. The molecule has 0 aliphatic rings. The number of thiazole rings is 1. The van der Waals surface area contributed by atoms with Gasteiger partial charge in [0.2, 0.25) is 5.91 Å². The standard InChI is InChI=1S/C19H21F3N2O3S/c1-11(2)6-15(16(26)9-25)24-17(27)8-14-10-28-18(23-14)12-4-3-5-13(7-12)19(20,21)22/h3-5,7,10-11,15,25H,6,8-9H2,1-2H3,(H,24,27)/t15-/m0/s1. The molecule has 28 heavy (non-hydrogen) atoms. The summed E-state index contributed by atoms with van der Waals surface area (Å²) in [6.07, 6.45) is -4.15. The first-order valence-corrected chi connectivity index (χ1v) is 9.53. The maximum atomic E-state index is 12.9. The Hall–Kier alpha value is -2.26. The Morgan fingerprint density at radius 1 is 1.29 bits per heavy atom. The SMILES string of the molecule is CC(C)C[C@H](NC(=O)Cc1csc(-c2cccc(C(F)(F)F)c2)n1)C(=O)CO. The Balaban J connectivity index is 2.08. The fourth-order valence-corrected chi connectivity index (χ4v) is 3.43. The van der Waals surface area contributed by atoms with Crippen LogP contribution in [0.15, 0.2) is 29.6 Å². The number of amides is 1. The second-order valence-corrected chi connectivity index (χ2v) is 7.63. The van der Waals surface area contributed by atoms with Crippen molar-refractivity contribution in [2.24, 2.45) is 5.92 Å². The lowest BCUT2D eigenvalue weighted by Crippen LogP contribution is -2.43. The zero-order chi connectivity index (χ0) is 20.9. The van der Waals surface area contributed by atoms with Crippen molar-refractivity contribution in [2.45, 2.75) is 38.9 Å². The van der Waals surface area contributed by atoms with E-state index in [4.69, 9.17) is 5.11 Å². The number of carbonyl (C=O) groups is 2. The van der Waals surface area contributed by atoms with Crippen LogP contribution in [0.3, 0.4) is 0 Å². The lowest BCUT2D eigenvalue weighted by molar-refractivity contribution is -0.137. The third-order valence-corrected chi connectivity index (χ3v) is 4.86. The smallest absolute Gasteiger partial charge is 0.389 e. The average Bonchev–Trinajstić information content (AvgIpc) is 3.07. The third-order valence-electron chi connectivity index (χ3n) is 3.92. The van der Waals surface area contributed by atoms with Gasteiger partial charge < -0.3 is 10.4 Å². The first kappa shape index (κ1) is 22.0. The molecule has 0 unspecified atom stereocenters. The lowest BCUT2D eigenvalue weighted by atomic mass is 10.0. The summed E-state index contributed by atoms with van der Waals surface area (Å²) < 4.78 is 38.6. The molecule has 1 heterocycles. The molecule has 2 N–H and O–H groups in total. The second kappa shape index (κ2) is 9.29. The number of alkyl halides is 3. The minimum absolute atomic E-state index is 0.108. The van der Waals surface area contributed by atoms with Gasteiger partial charge in [0.15, 0.2) is 5.78 Å². The summed E-state index contributed by atoms with van der Waals surface area (Å²) in [4.78, 5) is 28.2. The Kier molecular flexibility index (Phi) is 7.31. The number of nitrogens with one attached hydrogen (secondary N) is 1. The molecule has 152 valence electrons. The van der Waals surface area contributed by atoms with Crippen LogP contribution >= 0.6 is 11.3 Å². The van der Waals surface area contributed by atoms with Crippen LogP contribution in [0.5, 0.6) is 0 Å². The minimum Gasteiger partial charge on any atom is -0.389 e. The van der Waals surface area contributed by atoms with Gasteiger partial charge in [0.05, 0.1) is 23.7 Å². The fourth-order valence-electron chi connectivity index (χ4n) is 2.61. The van der Waals surface area contributed by atoms with Crippen LogP contribution in [-0.2, 0) is 22.2 Å². The van der Waals surface area contributed by atoms with Gasteiger partial charge in [0, 0.05) is 10.9 Å². The Morgan fingerprint density at radius 2 is 2.00 bits per heavy atom. The molecular weight excluding hydrogens is 393 g/mol. The van der Waals surface area contributed by atoms with Crippen molar-refractivity contribution in [3.05, 3.63) is 40.9 Å². The maximum absolute atomic E-state index is 12.9. The van der Waals surface area contributed by atoms with Gasteiger partial charge in [0.1, 0.15) is 11.6 Å². The number of Topliss-reactive ketones (excluding diaryl/α,β-unsaturated/α-hetero) is 1. The van der Waals surface area contributed by atoms with E-state index < -0.39 is 36.1 Å². The Bertz CT molecular complexity index is 834.